The molecule has 0 aliphatic rings. The molecule has 0 aromatic carbocycles. The van der Waals surface area contributed by atoms with E-state index in [1.54, 1.807) is 0 Å². The summed E-state index contributed by atoms with van der Waals surface area (Å²) in [6.07, 6.45) is 1.58. The van der Waals surface area contributed by atoms with E-state index >= 15 is 0 Å². The van der Waals surface area contributed by atoms with E-state index in [2.05, 4.69) is 26.1 Å². The summed E-state index contributed by atoms with van der Waals surface area (Å²) in [4.78, 5) is 39.5. The Morgan fingerprint density at radius 3 is 2.50 bits per heavy atom. The van der Waals surface area contributed by atoms with Gasteiger partial charge in [0.2, 0.25) is 5.89 Å². The van der Waals surface area contributed by atoms with Gasteiger partial charge in [0, 0.05) is 13.0 Å². The number of carboxylic acids is 1. The molecule has 32 heavy (non-hydrogen) atoms. The van der Waals surface area contributed by atoms with Crippen LogP contribution in [0.1, 0.15) is 76.7 Å². The number of carbonyl (C=O) groups is 3. The number of nitrogens with zero attached hydrogens (tertiary/aromatic N) is 2. The first kappa shape index (κ1) is 26.8. The number of urea groups is 1. The van der Waals surface area contributed by atoms with E-state index in [1.807, 2.05) is 13.8 Å². The Morgan fingerprint density at radius 2 is 1.94 bits per heavy atom. The van der Waals surface area contributed by atoms with Gasteiger partial charge in [0.15, 0.2) is 17.6 Å². The molecule has 13 nitrogen and oxygen atoms in total. The summed E-state index contributed by atoms with van der Waals surface area (Å²) in [6.45, 7) is 5.61. The molecule has 4 atom stereocenters. The lowest BCUT2D eigenvalue weighted by Crippen LogP contribution is -2.49. The van der Waals surface area contributed by atoms with E-state index < -0.39 is 30.1 Å². The predicted molar refractivity (Wildman–Crippen MR) is 116 cm³/mol. The molecule has 0 fully saturated rings. The number of aliphatic carboxylic acids is 1. The number of carbonyl (C=O) groups excluding carboxylic acids is 2. The van der Waals surface area contributed by atoms with Crippen molar-refractivity contribution in [1.82, 2.24) is 26.1 Å². The molecule has 180 valence electrons. The number of Topliss-reactive ketones (excluding diaryl/α,β-unsaturated/α-hetero) is 1. The number of aromatic nitrogens is 2. The minimum atomic E-state index is -0.986. The zero-order chi connectivity index (χ0) is 24.3. The van der Waals surface area contributed by atoms with Gasteiger partial charge in [0.25, 0.3) is 0 Å². The molecule has 0 spiro atoms. The van der Waals surface area contributed by atoms with Gasteiger partial charge in [-0.25, -0.2) is 4.79 Å². The van der Waals surface area contributed by atoms with E-state index in [-0.39, 0.29) is 42.2 Å². The summed E-state index contributed by atoms with van der Waals surface area (Å²) in [5, 5.41) is 27.9. The number of rotatable bonds is 14. The highest BCUT2D eigenvalue weighted by atomic mass is 16.5. The van der Waals surface area contributed by atoms with Crippen molar-refractivity contribution in [2.45, 2.75) is 71.0 Å². The first-order chi connectivity index (χ1) is 15.0. The number of nitrogens with one attached hydrogen (secondary N) is 4. The molecule has 9 N–H and O–H groups in total. The number of carboxylic acid groups (broad SMARTS) is 1. The number of nitrogens with two attached hydrogens (primary N) is 2. The average molecular weight is 455 g/mol. The van der Waals surface area contributed by atoms with Crippen LogP contribution in [0.4, 0.5) is 4.79 Å². The fraction of sp³-hybridized carbons (Fsp3) is 0.684. The molecule has 0 bridgehead atoms. The molecular formula is C19H34N8O5. The van der Waals surface area contributed by atoms with Gasteiger partial charge in [-0.05, 0) is 32.1 Å². The highest BCUT2D eigenvalue weighted by Crippen LogP contribution is 2.20. The second kappa shape index (κ2) is 13.2. The van der Waals surface area contributed by atoms with Gasteiger partial charge < -0.3 is 37.0 Å². The van der Waals surface area contributed by atoms with Crippen molar-refractivity contribution in [3.8, 4) is 0 Å². The van der Waals surface area contributed by atoms with E-state index in [0.29, 0.717) is 25.8 Å². The van der Waals surface area contributed by atoms with Gasteiger partial charge in [-0.3, -0.25) is 15.0 Å². The van der Waals surface area contributed by atoms with E-state index in [4.69, 9.17) is 26.5 Å². The molecule has 1 heterocycles. The van der Waals surface area contributed by atoms with Crippen LogP contribution in [0.5, 0.6) is 0 Å². The fourth-order valence-corrected chi connectivity index (χ4v) is 2.96. The van der Waals surface area contributed by atoms with E-state index in [1.165, 1.54) is 6.92 Å². The number of hydrogen-bond acceptors (Lipinski definition) is 8. The summed E-state index contributed by atoms with van der Waals surface area (Å²) in [5.74, 6) is -1.11. The number of ketones is 1. The second-order valence-corrected chi connectivity index (χ2v) is 7.66. The van der Waals surface area contributed by atoms with Gasteiger partial charge >= 0.3 is 12.0 Å². The third-order valence-corrected chi connectivity index (χ3v) is 4.98. The molecule has 0 aliphatic carbocycles. The lowest BCUT2D eigenvalue weighted by Gasteiger charge is -2.23. The van der Waals surface area contributed by atoms with Crippen LogP contribution in [-0.4, -0.2) is 51.6 Å². The Morgan fingerprint density at radius 1 is 1.25 bits per heavy atom. The summed E-state index contributed by atoms with van der Waals surface area (Å²) in [7, 11) is 0. The molecule has 0 aliphatic heterocycles. The van der Waals surface area contributed by atoms with Crippen molar-refractivity contribution < 1.29 is 24.0 Å². The Bertz CT molecular complexity index is 784. The number of amides is 2. The quantitative estimate of drug-likeness (QED) is 0.117. The number of hydrogen-bond donors (Lipinski definition) is 7. The van der Waals surface area contributed by atoms with Crippen LogP contribution >= 0.6 is 0 Å². The van der Waals surface area contributed by atoms with Gasteiger partial charge in [0.1, 0.15) is 6.04 Å². The first-order valence-electron chi connectivity index (χ1n) is 10.5. The maximum atomic E-state index is 12.6. The largest absolute Gasteiger partial charge is 0.481 e. The van der Waals surface area contributed by atoms with E-state index in [9.17, 15) is 14.4 Å². The summed E-state index contributed by atoms with van der Waals surface area (Å²) >= 11 is 0. The normalized spacial score (nSPS) is 14.6. The van der Waals surface area contributed by atoms with Crippen molar-refractivity contribution in [1.29, 1.82) is 5.41 Å². The Hall–Kier alpha value is -3.22. The van der Waals surface area contributed by atoms with Gasteiger partial charge in [-0.2, -0.15) is 4.98 Å². The zero-order valence-electron chi connectivity index (χ0n) is 18.7. The van der Waals surface area contributed by atoms with Crippen LogP contribution in [0, 0.1) is 11.3 Å². The maximum absolute atomic E-state index is 12.6. The lowest BCUT2D eigenvalue weighted by atomic mass is 9.96. The van der Waals surface area contributed by atoms with Crippen molar-refractivity contribution in [3.05, 3.63) is 11.7 Å². The van der Waals surface area contributed by atoms with Crippen LogP contribution in [0.3, 0.4) is 0 Å². The van der Waals surface area contributed by atoms with E-state index in [0.717, 1.165) is 0 Å². The van der Waals surface area contributed by atoms with Gasteiger partial charge in [0.05, 0.1) is 12.1 Å². The molecule has 2 amide bonds. The number of guanidine groups is 1. The van der Waals surface area contributed by atoms with Crippen LogP contribution in [0.25, 0.3) is 0 Å². The molecule has 0 radical (unpaired) electrons. The predicted octanol–water partition coefficient (Wildman–Crippen LogP) is 0.541. The van der Waals surface area contributed by atoms with Crippen LogP contribution < -0.4 is 27.4 Å². The third-order valence-electron chi connectivity index (χ3n) is 4.98. The highest BCUT2D eigenvalue weighted by molar-refractivity contribution is 5.87. The first-order valence-corrected chi connectivity index (χ1v) is 10.5. The van der Waals surface area contributed by atoms with Crippen molar-refractivity contribution in [3.63, 3.8) is 0 Å². The summed E-state index contributed by atoms with van der Waals surface area (Å²) in [6, 6.07) is -2.63. The average Bonchev–Trinajstić information content (AvgIpc) is 3.21. The Balaban J connectivity index is 2.90. The standard InChI is InChI=1S/C19H34N8O5/c1-4-10(2)15(11(3)28)25-19(31)24-13(6-5-9-23-18(21)22)17-26-16(27-32-17)12(20)7-8-14(29)30/h10,12-13,15H,4-9,20H2,1-3H3,(H,29,30)(H4,21,22,23)(H2,24,25,31)/t10?,12-,13-,15-/m0/s1. The maximum Gasteiger partial charge on any atom is 0.316 e. The molecule has 13 heteroatoms. The minimum Gasteiger partial charge on any atom is -0.481 e. The van der Waals surface area contributed by atoms with Crippen molar-refractivity contribution >= 4 is 23.7 Å². The smallest absolute Gasteiger partial charge is 0.316 e. The highest BCUT2D eigenvalue weighted by Gasteiger charge is 2.27. The van der Waals surface area contributed by atoms with Gasteiger partial charge in [-0.1, -0.05) is 25.4 Å². The summed E-state index contributed by atoms with van der Waals surface area (Å²) in [5.41, 5.74) is 11.2. The summed E-state index contributed by atoms with van der Waals surface area (Å²) < 4.78 is 5.27. The molecule has 1 aromatic heterocycles. The van der Waals surface area contributed by atoms with Crippen molar-refractivity contribution in [2.75, 3.05) is 6.54 Å². The Labute approximate surface area is 186 Å². The fourth-order valence-electron chi connectivity index (χ4n) is 2.96. The SMILES string of the molecule is CCC(C)[C@H](NC(=O)N[C@@H](CCCNC(=N)N)c1nc([C@@H](N)CCC(=O)O)no1)C(C)=O. The van der Waals surface area contributed by atoms with Crippen LogP contribution in [-0.2, 0) is 9.59 Å². The van der Waals surface area contributed by atoms with Crippen LogP contribution in [0.2, 0.25) is 0 Å². The minimum absolute atomic E-state index is 0.0429. The molecular weight excluding hydrogens is 420 g/mol. The molecule has 0 saturated heterocycles. The Kier molecular flexibility index (Phi) is 11.1. The third kappa shape index (κ3) is 9.29. The van der Waals surface area contributed by atoms with Gasteiger partial charge in [-0.15, -0.1) is 0 Å². The molecule has 1 unspecified atom stereocenters. The molecule has 1 aromatic rings. The zero-order valence-corrected chi connectivity index (χ0v) is 18.7. The monoisotopic (exact) mass is 454 g/mol. The second-order valence-electron chi connectivity index (χ2n) is 7.66. The molecule has 0 saturated carbocycles. The molecule has 1 rings (SSSR count). The topological polar surface area (TPSA) is 222 Å². The van der Waals surface area contributed by atoms with Crippen LogP contribution in [0.15, 0.2) is 4.52 Å². The van der Waals surface area contributed by atoms with Crippen molar-refractivity contribution in [2.24, 2.45) is 17.4 Å². The lowest BCUT2D eigenvalue weighted by molar-refractivity contribution is -0.137.